The molecule has 0 aliphatic heterocycles. The fourth-order valence-corrected chi connectivity index (χ4v) is 3.99. The van der Waals surface area contributed by atoms with Gasteiger partial charge < -0.3 is 16.0 Å². The highest BCUT2D eigenvalue weighted by Crippen LogP contribution is 2.35. The van der Waals surface area contributed by atoms with Gasteiger partial charge >= 0.3 is 0 Å². The van der Waals surface area contributed by atoms with Crippen molar-refractivity contribution in [1.29, 1.82) is 0 Å². The Bertz CT molecular complexity index is 1100. The number of fused-ring (bicyclic) bond motifs is 1. The molecule has 1 fully saturated rings. The molecule has 4 N–H and O–H groups in total. The van der Waals surface area contributed by atoms with Crippen molar-refractivity contribution in [2.45, 2.75) is 44.4 Å². The van der Waals surface area contributed by atoms with Gasteiger partial charge in [-0.25, -0.2) is 4.40 Å². The first kappa shape index (κ1) is 20.5. The van der Waals surface area contributed by atoms with Crippen LogP contribution in [0.25, 0.3) is 5.78 Å². The van der Waals surface area contributed by atoms with Gasteiger partial charge in [-0.1, -0.05) is 11.8 Å². The van der Waals surface area contributed by atoms with E-state index in [0.29, 0.717) is 53.3 Å². The van der Waals surface area contributed by atoms with Gasteiger partial charge in [-0.3, -0.25) is 14.5 Å². The van der Waals surface area contributed by atoms with Crippen molar-refractivity contribution in [2.24, 2.45) is 0 Å². The van der Waals surface area contributed by atoms with Gasteiger partial charge in [-0.15, -0.1) is 10.2 Å². The Balaban J connectivity index is 1.42. The molecule has 1 saturated carbocycles. The zero-order valence-electron chi connectivity index (χ0n) is 16.7. The maximum absolute atomic E-state index is 12.4. The van der Waals surface area contributed by atoms with E-state index < -0.39 is 0 Å². The van der Waals surface area contributed by atoms with Crippen LogP contribution in [0.4, 0.5) is 11.9 Å². The molecule has 1 amide bonds. The topological polar surface area (TPSA) is 143 Å². The molecule has 12 nitrogen and oxygen atoms in total. The number of rotatable bonds is 10. The molecule has 4 rings (SSSR count). The summed E-state index contributed by atoms with van der Waals surface area (Å²) in [7, 11) is 0. The Morgan fingerprint density at radius 2 is 2.03 bits per heavy atom. The number of amides is 1. The van der Waals surface area contributed by atoms with Gasteiger partial charge in [0.1, 0.15) is 0 Å². The summed E-state index contributed by atoms with van der Waals surface area (Å²) < 4.78 is 4.29. The minimum atomic E-state index is -0.136. The number of anilines is 2. The van der Waals surface area contributed by atoms with Crippen molar-refractivity contribution in [2.75, 3.05) is 29.5 Å². The number of hydrogen-bond acceptors (Lipinski definition) is 10. The van der Waals surface area contributed by atoms with Crippen LogP contribution in [0, 0.1) is 4.77 Å². The van der Waals surface area contributed by atoms with Crippen molar-refractivity contribution < 1.29 is 4.79 Å². The van der Waals surface area contributed by atoms with Crippen LogP contribution in [0.2, 0.25) is 0 Å². The lowest BCUT2D eigenvalue weighted by atomic mass is 10.5. The Labute approximate surface area is 181 Å². The number of nitrogens with one attached hydrogen (secondary N) is 4. The number of hydrogen-bond donors (Lipinski definition) is 4. The average Bonchev–Trinajstić information content (AvgIpc) is 3.37. The molecular weight excluding hydrogens is 426 g/mol. The quantitative estimate of drug-likeness (QED) is 0.265. The monoisotopic (exact) mass is 449 g/mol. The van der Waals surface area contributed by atoms with Crippen LogP contribution in [-0.2, 0) is 11.3 Å². The highest BCUT2D eigenvalue weighted by molar-refractivity contribution is 7.99. The molecule has 0 bridgehead atoms. The molecule has 1 aliphatic carbocycles. The molecule has 0 aromatic carbocycles. The summed E-state index contributed by atoms with van der Waals surface area (Å²) in [5, 5.41) is 25.0. The molecule has 3 aromatic heterocycles. The van der Waals surface area contributed by atoms with E-state index in [0.717, 1.165) is 18.7 Å². The van der Waals surface area contributed by atoms with Crippen LogP contribution < -0.4 is 16.0 Å². The standard InChI is InChI=1S/C16H23N11OS2/c1-3-17-12-20-13(18-4-2)27-14(21-12)23-25-16(27)30-8-11(28)19-7-10-22-24-15(29)26(10)9-5-6-9/h9H,3-8H2,1-2H3,(H,19,28)(H,24,29)(H2,17,18,20,21,23). The van der Waals surface area contributed by atoms with Crippen molar-refractivity contribution in [3.05, 3.63) is 10.6 Å². The van der Waals surface area contributed by atoms with Gasteiger partial charge in [-0.2, -0.15) is 15.1 Å². The smallest absolute Gasteiger partial charge is 0.261 e. The van der Waals surface area contributed by atoms with E-state index in [1.807, 2.05) is 18.4 Å². The van der Waals surface area contributed by atoms with Crippen LogP contribution in [0.3, 0.4) is 0 Å². The van der Waals surface area contributed by atoms with Crippen LogP contribution in [0.5, 0.6) is 0 Å². The summed E-state index contributed by atoms with van der Waals surface area (Å²) in [6.07, 6.45) is 2.19. The van der Waals surface area contributed by atoms with E-state index in [9.17, 15) is 4.79 Å². The first-order valence-corrected chi connectivity index (χ1v) is 11.2. The predicted octanol–water partition coefficient (Wildman–Crippen LogP) is 1.38. The van der Waals surface area contributed by atoms with E-state index in [2.05, 4.69) is 46.3 Å². The van der Waals surface area contributed by atoms with Crippen molar-refractivity contribution in [3.63, 3.8) is 0 Å². The largest absolute Gasteiger partial charge is 0.355 e. The minimum absolute atomic E-state index is 0.136. The molecule has 0 spiro atoms. The van der Waals surface area contributed by atoms with E-state index in [1.165, 1.54) is 11.8 Å². The molecule has 0 unspecified atom stereocenters. The van der Waals surface area contributed by atoms with Crippen LogP contribution in [-0.4, -0.2) is 64.1 Å². The number of thioether (sulfide) groups is 1. The lowest BCUT2D eigenvalue weighted by Gasteiger charge is -2.10. The predicted molar refractivity (Wildman–Crippen MR) is 115 cm³/mol. The third kappa shape index (κ3) is 4.38. The summed E-state index contributed by atoms with van der Waals surface area (Å²) in [6.45, 7) is 5.64. The summed E-state index contributed by atoms with van der Waals surface area (Å²) in [5.41, 5.74) is 0. The third-order valence-electron chi connectivity index (χ3n) is 4.38. The van der Waals surface area contributed by atoms with E-state index in [4.69, 9.17) is 12.2 Å². The normalized spacial score (nSPS) is 13.5. The molecule has 30 heavy (non-hydrogen) atoms. The van der Waals surface area contributed by atoms with E-state index in [1.54, 1.807) is 4.40 Å². The first-order chi connectivity index (χ1) is 14.6. The zero-order chi connectivity index (χ0) is 21.1. The van der Waals surface area contributed by atoms with Gasteiger partial charge in [-0.05, 0) is 38.9 Å². The second-order valence-corrected chi connectivity index (χ2v) is 7.99. The molecule has 3 aromatic rings. The van der Waals surface area contributed by atoms with Gasteiger partial charge in [0.2, 0.25) is 17.8 Å². The second kappa shape index (κ2) is 8.95. The van der Waals surface area contributed by atoms with Crippen LogP contribution >= 0.6 is 24.0 Å². The third-order valence-corrected chi connectivity index (χ3v) is 5.60. The second-order valence-electron chi connectivity index (χ2n) is 6.66. The maximum Gasteiger partial charge on any atom is 0.261 e. The highest BCUT2D eigenvalue weighted by Gasteiger charge is 2.27. The molecule has 160 valence electrons. The first-order valence-electron chi connectivity index (χ1n) is 9.76. The molecule has 1 aliphatic rings. The maximum atomic E-state index is 12.4. The SMILES string of the molecule is CCNc1nc(NCC)n2c(SCC(=O)NCc3n[nH]c(=S)n3C3CC3)nnc2n1. The fraction of sp³-hybridized carbons (Fsp3) is 0.562. The van der Waals surface area contributed by atoms with E-state index >= 15 is 0 Å². The van der Waals surface area contributed by atoms with Gasteiger partial charge in [0.05, 0.1) is 12.3 Å². The molecule has 0 radical (unpaired) electrons. The Morgan fingerprint density at radius 3 is 2.77 bits per heavy atom. The van der Waals surface area contributed by atoms with Crippen molar-refractivity contribution in [1.82, 2.24) is 44.6 Å². The molecule has 0 atom stereocenters. The molecule has 0 saturated heterocycles. The number of aromatic amines is 1. The molecular formula is C16H23N11OS2. The van der Waals surface area contributed by atoms with Crippen molar-refractivity contribution in [3.8, 4) is 0 Å². The summed E-state index contributed by atoms with van der Waals surface area (Å²) >= 11 is 6.53. The van der Waals surface area contributed by atoms with Crippen LogP contribution in [0.15, 0.2) is 5.16 Å². The number of aromatic nitrogens is 8. The number of carbonyl (C=O) groups is 1. The Morgan fingerprint density at radius 1 is 1.23 bits per heavy atom. The number of H-pyrrole nitrogens is 1. The summed E-state index contributed by atoms with van der Waals surface area (Å²) in [4.78, 5) is 21.2. The number of nitrogens with zero attached hydrogens (tertiary/aromatic N) is 7. The lowest BCUT2D eigenvalue weighted by Crippen LogP contribution is -2.26. The van der Waals surface area contributed by atoms with Gasteiger partial charge in [0.25, 0.3) is 5.78 Å². The van der Waals surface area contributed by atoms with E-state index in [-0.39, 0.29) is 11.7 Å². The summed E-state index contributed by atoms with van der Waals surface area (Å²) in [5.74, 6) is 2.25. The average molecular weight is 450 g/mol. The Kier molecular flexibility index (Phi) is 6.13. The van der Waals surface area contributed by atoms with Crippen molar-refractivity contribution >= 4 is 47.6 Å². The van der Waals surface area contributed by atoms with Gasteiger partial charge in [0, 0.05) is 19.1 Å². The lowest BCUT2D eigenvalue weighted by molar-refractivity contribution is -0.118. The molecule has 14 heteroatoms. The van der Waals surface area contributed by atoms with Gasteiger partial charge in [0.15, 0.2) is 15.8 Å². The fourth-order valence-electron chi connectivity index (χ4n) is 2.93. The van der Waals surface area contributed by atoms with Crippen LogP contribution in [0.1, 0.15) is 38.6 Å². The zero-order valence-corrected chi connectivity index (χ0v) is 18.3. The highest BCUT2D eigenvalue weighted by atomic mass is 32.2. The minimum Gasteiger partial charge on any atom is -0.355 e. The Hall–Kier alpha value is -2.74. The molecule has 3 heterocycles. The number of carbonyl (C=O) groups excluding carboxylic acids is 1. The summed E-state index contributed by atoms with van der Waals surface area (Å²) in [6, 6.07) is 0.400.